The summed E-state index contributed by atoms with van der Waals surface area (Å²) in [4.78, 5) is 4.91. The lowest BCUT2D eigenvalue weighted by atomic mass is 10.1. The van der Waals surface area contributed by atoms with Crippen LogP contribution in [0.1, 0.15) is 6.42 Å². The number of benzene rings is 2. The Hall–Kier alpha value is -1.84. The van der Waals surface area contributed by atoms with Gasteiger partial charge in [0.15, 0.2) is 0 Å². The first kappa shape index (κ1) is 16.0. The van der Waals surface area contributed by atoms with Gasteiger partial charge in [0, 0.05) is 38.8 Å². The number of hydrogen-bond acceptors (Lipinski definition) is 3. The van der Waals surface area contributed by atoms with Crippen LogP contribution in [0.25, 0.3) is 11.1 Å². The second kappa shape index (κ2) is 8.14. The van der Waals surface area contributed by atoms with Crippen LogP contribution in [0.5, 0.6) is 5.75 Å². The average molecular weight is 309 g/mol. The lowest BCUT2D eigenvalue weighted by molar-refractivity contribution is 0.145. The van der Waals surface area contributed by atoms with Gasteiger partial charge in [-0.25, -0.2) is 0 Å². The molecule has 1 aliphatic rings. The SMILES string of the molecule is CN1CCN(CCCOc2[c]ccc(-c3ccccc3)c2)CC1. The molecule has 0 saturated carbocycles. The predicted octanol–water partition coefficient (Wildman–Crippen LogP) is 3.17. The van der Waals surface area contributed by atoms with Crippen molar-refractivity contribution in [2.24, 2.45) is 0 Å². The van der Waals surface area contributed by atoms with Gasteiger partial charge in [-0.05, 0) is 36.7 Å². The topological polar surface area (TPSA) is 15.7 Å². The molecule has 0 unspecified atom stereocenters. The molecule has 1 saturated heterocycles. The Kier molecular flexibility index (Phi) is 5.67. The summed E-state index contributed by atoms with van der Waals surface area (Å²) in [7, 11) is 2.19. The average Bonchev–Trinajstić information content (AvgIpc) is 2.61. The van der Waals surface area contributed by atoms with E-state index >= 15 is 0 Å². The first-order chi connectivity index (χ1) is 11.3. The van der Waals surface area contributed by atoms with E-state index in [9.17, 15) is 0 Å². The highest BCUT2D eigenvalue weighted by molar-refractivity contribution is 5.64. The van der Waals surface area contributed by atoms with Crippen molar-refractivity contribution >= 4 is 0 Å². The zero-order chi connectivity index (χ0) is 15.9. The van der Waals surface area contributed by atoms with Crippen LogP contribution >= 0.6 is 0 Å². The summed E-state index contributed by atoms with van der Waals surface area (Å²) >= 11 is 0. The Labute approximate surface area is 139 Å². The molecule has 1 radical (unpaired) electrons. The van der Waals surface area contributed by atoms with Gasteiger partial charge in [-0.3, -0.25) is 0 Å². The lowest BCUT2D eigenvalue weighted by Crippen LogP contribution is -2.44. The summed E-state index contributed by atoms with van der Waals surface area (Å²) in [5, 5.41) is 0. The van der Waals surface area contributed by atoms with Crippen molar-refractivity contribution in [2.75, 3.05) is 46.4 Å². The first-order valence-corrected chi connectivity index (χ1v) is 8.42. The molecule has 0 spiro atoms. The largest absolute Gasteiger partial charge is 0.493 e. The second-order valence-electron chi connectivity index (χ2n) is 6.15. The molecule has 1 aliphatic heterocycles. The second-order valence-corrected chi connectivity index (χ2v) is 6.15. The molecule has 0 aromatic heterocycles. The van der Waals surface area contributed by atoms with E-state index in [1.165, 1.54) is 37.3 Å². The minimum atomic E-state index is 0.751. The van der Waals surface area contributed by atoms with Gasteiger partial charge in [0.25, 0.3) is 0 Å². The van der Waals surface area contributed by atoms with Crippen molar-refractivity contribution in [1.82, 2.24) is 9.80 Å². The third-order valence-electron chi connectivity index (χ3n) is 4.35. The zero-order valence-electron chi connectivity index (χ0n) is 13.9. The van der Waals surface area contributed by atoms with E-state index in [2.05, 4.69) is 59.3 Å². The van der Waals surface area contributed by atoms with Gasteiger partial charge in [0.2, 0.25) is 0 Å². The molecule has 0 aliphatic carbocycles. The fraction of sp³-hybridized carbons (Fsp3) is 0.400. The highest BCUT2D eigenvalue weighted by Gasteiger charge is 2.12. The van der Waals surface area contributed by atoms with E-state index in [-0.39, 0.29) is 0 Å². The molecule has 0 amide bonds. The Morgan fingerprint density at radius 1 is 1.00 bits per heavy atom. The molecular weight excluding hydrogens is 284 g/mol. The van der Waals surface area contributed by atoms with E-state index in [4.69, 9.17) is 4.74 Å². The van der Waals surface area contributed by atoms with Crippen LogP contribution in [0.3, 0.4) is 0 Å². The third kappa shape index (κ3) is 4.81. The number of rotatable bonds is 6. The zero-order valence-corrected chi connectivity index (χ0v) is 13.9. The summed E-state index contributed by atoms with van der Waals surface area (Å²) < 4.78 is 5.89. The highest BCUT2D eigenvalue weighted by Crippen LogP contribution is 2.23. The summed E-state index contributed by atoms with van der Waals surface area (Å²) in [5.74, 6) is 0.838. The molecule has 2 aromatic carbocycles. The monoisotopic (exact) mass is 309 g/mol. The molecule has 23 heavy (non-hydrogen) atoms. The van der Waals surface area contributed by atoms with E-state index in [1.807, 2.05) is 12.1 Å². The van der Waals surface area contributed by atoms with Crippen molar-refractivity contribution in [3.63, 3.8) is 0 Å². The van der Waals surface area contributed by atoms with Crippen LogP contribution < -0.4 is 4.74 Å². The first-order valence-electron chi connectivity index (χ1n) is 8.42. The fourth-order valence-corrected chi connectivity index (χ4v) is 2.88. The van der Waals surface area contributed by atoms with E-state index in [0.717, 1.165) is 25.3 Å². The normalized spacial score (nSPS) is 16.4. The van der Waals surface area contributed by atoms with Gasteiger partial charge in [-0.2, -0.15) is 0 Å². The van der Waals surface area contributed by atoms with Crippen molar-refractivity contribution in [3.8, 4) is 16.9 Å². The minimum Gasteiger partial charge on any atom is -0.493 e. The van der Waals surface area contributed by atoms with E-state index < -0.39 is 0 Å². The van der Waals surface area contributed by atoms with Crippen molar-refractivity contribution in [2.45, 2.75) is 6.42 Å². The van der Waals surface area contributed by atoms with Crippen molar-refractivity contribution in [1.29, 1.82) is 0 Å². The summed E-state index contributed by atoms with van der Waals surface area (Å²) in [6.45, 7) is 6.56. The molecule has 0 bridgehead atoms. The molecule has 1 heterocycles. The molecular formula is C20H25N2O. The maximum absolute atomic E-state index is 5.89. The molecule has 0 atom stereocenters. The summed E-state index contributed by atoms with van der Waals surface area (Å²) in [6.07, 6.45) is 1.06. The molecule has 2 aromatic rings. The van der Waals surface area contributed by atoms with Gasteiger partial charge < -0.3 is 14.5 Å². The van der Waals surface area contributed by atoms with Gasteiger partial charge in [0.1, 0.15) is 5.75 Å². The molecule has 1 fully saturated rings. The number of likely N-dealkylation sites (N-methyl/N-ethyl adjacent to an activating group) is 1. The summed E-state index contributed by atoms with van der Waals surface area (Å²) in [5.41, 5.74) is 2.39. The minimum absolute atomic E-state index is 0.751. The quantitative estimate of drug-likeness (QED) is 0.762. The maximum Gasteiger partial charge on any atom is 0.127 e. The Morgan fingerprint density at radius 2 is 1.78 bits per heavy atom. The Bertz CT molecular complexity index is 592. The van der Waals surface area contributed by atoms with Gasteiger partial charge >= 0.3 is 0 Å². The molecule has 3 heteroatoms. The van der Waals surface area contributed by atoms with Crippen LogP contribution in [-0.2, 0) is 0 Å². The van der Waals surface area contributed by atoms with Crippen LogP contribution in [0, 0.1) is 6.07 Å². The van der Waals surface area contributed by atoms with Gasteiger partial charge in [0.05, 0.1) is 6.61 Å². The van der Waals surface area contributed by atoms with Gasteiger partial charge in [-0.1, -0.05) is 36.4 Å². The van der Waals surface area contributed by atoms with Crippen LogP contribution in [0.4, 0.5) is 0 Å². The predicted molar refractivity (Wildman–Crippen MR) is 94.8 cm³/mol. The number of piperazine rings is 1. The van der Waals surface area contributed by atoms with Crippen LogP contribution in [0.2, 0.25) is 0 Å². The number of nitrogens with zero attached hydrogens (tertiary/aromatic N) is 2. The van der Waals surface area contributed by atoms with Crippen LogP contribution in [-0.4, -0.2) is 56.2 Å². The number of ether oxygens (including phenoxy) is 1. The lowest BCUT2D eigenvalue weighted by Gasteiger charge is -2.32. The third-order valence-corrected chi connectivity index (χ3v) is 4.35. The van der Waals surface area contributed by atoms with Gasteiger partial charge in [-0.15, -0.1) is 0 Å². The molecule has 3 rings (SSSR count). The summed E-state index contributed by atoms with van der Waals surface area (Å²) in [6, 6.07) is 19.7. The van der Waals surface area contributed by atoms with Crippen molar-refractivity contribution in [3.05, 3.63) is 54.6 Å². The number of hydrogen-bond donors (Lipinski definition) is 0. The molecule has 121 valence electrons. The maximum atomic E-state index is 5.89. The highest BCUT2D eigenvalue weighted by atomic mass is 16.5. The Balaban J connectivity index is 1.45. The molecule has 0 N–H and O–H groups in total. The smallest absolute Gasteiger partial charge is 0.127 e. The van der Waals surface area contributed by atoms with E-state index in [1.54, 1.807) is 0 Å². The fourth-order valence-electron chi connectivity index (χ4n) is 2.88. The van der Waals surface area contributed by atoms with Crippen molar-refractivity contribution < 1.29 is 4.74 Å². The van der Waals surface area contributed by atoms with Crippen LogP contribution in [0.15, 0.2) is 48.5 Å². The molecule has 3 nitrogen and oxygen atoms in total. The Morgan fingerprint density at radius 3 is 2.57 bits per heavy atom. The standard InChI is InChI=1S/C20H25N2O/c1-21-12-14-22(15-13-21)11-6-16-23-20-10-5-9-19(17-20)18-7-3-2-4-8-18/h2-5,7-9,17H,6,11-16H2,1H3. The van der Waals surface area contributed by atoms with E-state index in [0.29, 0.717) is 0 Å².